The average Bonchev–Trinajstić information content (AvgIpc) is 3.01. The van der Waals surface area contributed by atoms with E-state index in [2.05, 4.69) is 45.9 Å². The van der Waals surface area contributed by atoms with Crippen molar-refractivity contribution in [2.75, 3.05) is 7.05 Å². The van der Waals surface area contributed by atoms with Gasteiger partial charge < -0.3 is 5.11 Å². The first-order valence-corrected chi connectivity index (χ1v) is 11.0. The molecule has 0 amide bonds. The van der Waals surface area contributed by atoms with E-state index < -0.39 is 15.8 Å². The van der Waals surface area contributed by atoms with Crippen molar-refractivity contribution in [3.8, 4) is 0 Å². The van der Waals surface area contributed by atoms with Gasteiger partial charge in [0.1, 0.15) is 0 Å². The van der Waals surface area contributed by atoms with Crippen molar-refractivity contribution in [1.82, 2.24) is 4.72 Å². The number of benzene rings is 1. The number of nitrogens with one attached hydrogen (secondary N) is 1. The van der Waals surface area contributed by atoms with Gasteiger partial charge in [0.05, 0.1) is 10.9 Å². The summed E-state index contributed by atoms with van der Waals surface area (Å²) in [6.07, 6.45) is 9.05. The summed E-state index contributed by atoms with van der Waals surface area (Å²) in [7, 11) is 0.652. The molecule has 1 aromatic carbocycles. The highest BCUT2D eigenvalue weighted by Gasteiger charge is 2.42. The van der Waals surface area contributed by atoms with Crippen LogP contribution in [0.3, 0.4) is 0 Å². The highest BCUT2D eigenvalue weighted by Crippen LogP contribution is 2.66. The maximum atomic E-state index is 11.0. The zero-order valence-corrected chi connectivity index (χ0v) is 16.0. The lowest BCUT2D eigenvalue weighted by Gasteiger charge is -2.46. The Kier molecular flexibility index (Phi) is 5.24. The molecule has 2 atom stereocenters. The average molecular weight is 346 g/mol. The summed E-state index contributed by atoms with van der Waals surface area (Å²) < 4.78 is 3.61. The minimum absolute atomic E-state index is 0.0496. The summed E-state index contributed by atoms with van der Waals surface area (Å²) >= 11 is 0. The van der Waals surface area contributed by atoms with Gasteiger partial charge in [0.25, 0.3) is 0 Å². The molecule has 0 bridgehead atoms. The monoisotopic (exact) mass is 345 g/mol. The van der Waals surface area contributed by atoms with E-state index in [1.165, 1.54) is 43.2 Å². The Balaban J connectivity index is 1.99. The predicted molar refractivity (Wildman–Crippen MR) is 106 cm³/mol. The van der Waals surface area contributed by atoms with Crippen LogP contribution in [0.25, 0.3) is 0 Å². The summed E-state index contributed by atoms with van der Waals surface area (Å²) in [6, 6.07) is 10.5. The van der Waals surface area contributed by atoms with Gasteiger partial charge in [-0.3, -0.25) is 4.72 Å². The van der Waals surface area contributed by atoms with Crippen LogP contribution in [0.4, 0.5) is 0 Å². The molecular weight excluding hydrogens is 314 g/mol. The summed E-state index contributed by atoms with van der Waals surface area (Å²) in [4.78, 5) is 0. The van der Waals surface area contributed by atoms with Gasteiger partial charge in [0.2, 0.25) is 0 Å². The van der Waals surface area contributed by atoms with E-state index >= 15 is 0 Å². The third kappa shape index (κ3) is 3.49. The zero-order chi connectivity index (χ0) is 17.2. The summed E-state index contributed by atoms with van der Waals surface area (Å²) in [6.45, 7) is 3.88. The smallest absolute Gasteiger partial charge is 0.0753 e. The van der Waals surface area contributed by atoms with Crippen LogP contribution in [-0.4, -0.2) is 17.8 Å². The standard InChI is InChI=1S/C21H31NOS/c1-21(2,23)20(18-12-8-5-9-13-18)24(22-3)15-14-19(16-24)17-10-6-4-7-11-17/h5,8-9,12-17,20,22-23H,4,6-7,10-11H2,1-3H3. The van der Waals surface area contributed by atoms with Gasteiger partial charge in [0, 0.05) is 0 Å². The zero-order valence-electron chi connectivity index (χ0n) is 15.2. The lowest BCUT2D eigenvalue weighted by atomic mass is 9.84. The van der Waals surface area contributed by atoms with Gasteiger partial charge >= 0.3 is 0 Å². The Morgan fingerprint density at radius 2 is 1.79 bits per heavy atom. The van der Waals surface area contributed by atoms with E-state index in [9.17, 15) is 5.11 Å². The molecular formula is C21H31NOS. The van der Waals surface area contributed by atoms with E-state index in [4.69, 9.17) is 0 Å². The van der Waals surface area contributed by atoms with Gasteiger partial charge in [-0.05, 0) is 61.6 Å². The van der Waals surface area contributed by atoms with Crippen molar-refractivity contribution < 1.29 is 5.11 Å². The maximum Gasteiger partial charge on any atom is 0.0753 e. The topological polar surface area (TPSA) is 32.3 Å². The molecule has 1 aromatic rings. The highest BCUT2D eigenvalue weighted by molar-refractivity contribution is 8.37. The van der Waals surface area contributed by atoms with Crippen molar-refractivity contribution in [2.45, 2.75) is 56.8 Å². The number of aliphatic hydroxyl groups is 1. The molecule has 3 heteroatoms. The minimum atomic E-state index is -1.39. The second-order valence-corrected chi connectivity index (χ2v) is 10.6. The lowest BCUT2D eigenvalue weighted by molar-refractivity contribution is 0.0765. The third-order valence-electron chi connectivity index (χ3n) is 5.38. The molecule has 0 spiro atoms. The molecule has 0 aromatic heterocycles. The van der Waals surface area contributed by atoms with E-state index in [1.54, 1.807) is 0 Å². The normalized spacial score (nSPS) is 29.1. The van der Waals surface area contributed by atoms with Gasteiger partial charge in [-0.2, -0.15) is 0 Å². The Bertz CT molecular complexity index is 610. The predicted octanol–water partition coefficient (Wildman–Crippen LogP) is 5.43. The fourth-order valence-corrected chi connectivity index (χ4v) is 7.82. The van der Waals surface area contributed by atoms with Crippen molar-refractivity contribution in [3.63, 3.8) is 0 Å². The Morgan fingerprint density at radius 1 is 1.12 bits per heavy atom. The van der Waals surface area contributed by atoms with Crippen molar-refractivity contribution >= 4 is 10.2 Å². The van der Waals surface area contributed by atoms with Crippen LogP contribution < -0.4 is 4.72 Å². The Labute approximate surface area is 148 Å². The molecule has 1 saturated carbocycles. The van der Waals surface area contributed by atoms with Crippen molar-refractivity contribution in [2.24, 2.45) is 5.92 Å². The number of hydrogen-bond acceptors (Lipinski definition) is 2. The highest BCUT2D eigenvalue weighted by atomic mass is 32.3. The SMILES string of the molecule is CNS1(C(c2ccccc2)C(C)(C)O)C=CC(C2CCCCC2)=C1. The summed E-state index contributed by atoms with van der Waals surface area (Å²) in [5, 5.41) is 15.9. The van der Waals surface area contributed by atoms with Crippen LogP contribution in [0.2, 0.25) is 0 Å². The molecule has 1 aliphatic heterocycles. The van der Waals surface area contributed by atoms with Crippen LogP contribution in [-0.2, 0) is 0 Å². The summed E-state index contributed by atoms with van der Waals surface area (Å²) in [5.74, 6) is 0.705. The molecule has 3 rings (SSSR count). The third-order valence-corrected chi connectivity index (χ3v) is 8.97. The van der Waals surface area contributed by atoms with E-state index in [1.807, 2.05) is 27.0 Å². The molecule has 132 valence electrons. The molecule has 1 aliphatic carbocycles. The first kappa shape index (κ1) is 17.8. The molecule has 2 nitrogen and oxygen atoms in total. The largest absolute Gasteiger partial charge is 0.389 e. The maximum absolute atomic E-state index is 11.0. The minimum Gasteiger partial charge on any atom is -0.389 e. The van der Waals surface area contributed by atoms with Gasteiger partial charge in [0.15, 0.2) is 0 Å². The number of hydrogen-bond donors (Lipinski definition) is 2. The molecule has 0 saturated heterocycles. The molecule has 2 unspecified atom stereocenters. The summed E-state index contributed by atoms with van der Waals surface area (Å²) in [5.41, 5.74) is 1.91. The Morgan fingerprint density at radius 3 is 2.38 bits per heavy atom. The van der Waals surface area contributed by atoms with E-state index in [0.717, 1.165) is 0 Å². The Hall–Kier alpha value is -1.03. The number of rotatable bonds is 5. The van der Waals surface area contributed by atoms with Crippen molar-refractivity contribution in [3.05, 3.63) is 58.4 Å². The molecule has 2 aliphatic rings. The van der Waals surface area contributed by atoms with Crippen LogP contribution in [0.15, 0.2) is 52.8 Å². The van der Waals surface area contributed by atoms with E-state index in [0.29, 0.717) is 5.92 Å². The van der Waals surface area contributed by atoms with E-state index in [-0.39, 0.29) is 5.25 Å². The fourth-order valence-electron chi connectivity index (χ4n) is 4.29. The van der Waals surface area contributed by atoms with Crippen LogP contribution in [0.1, 0.15) is 56.8 Å². The van der Waals surface area contributed by atoms with Crippen LogP contribution >= 0.6 is 10.2 Å². The molecule has 1 fully saturated rings. The fraction of sp³-hybridized carbons (Fsp3) is 0.524. The quantitative estimate of drug-likeness (QED) is 0.746. The van der Waals surface area contributed by atoms with Crippen molar-refractivity contribution in [1.29, 1.82) is 0 Å². The van der Waals surface area contributed by atoms with Crippen LogP contribution in [0.5, 0.6) is 0 Å². The molecule has 1 heterocycles. The first-order chi connectivity index (χ1) is 11.5. The lowest BCUT2D eigenvalue weighted by Crippen LogP contribution is -2.35. The number of allylic oxidation sites excluding steroid dienone is 2. The first-order valence-electron chi connectivity index (χ1n) is 9.14. The van der Waals surface area contributed by atoms with Gasteiger partial charge in [-0.1, -0.05) is 55.7 Å². The second kappa shape index (κ2) is 7.07. The molecule has 2 N–H and O–H groups in total. The second-order valence-electron chi connectivity index (χ2n) is 7.67. The molecule has 24 heavy (non-hydrogen) atoms. The molecule has 0 radical (unpaired) electrons. The van der Waals surface area contributed by atoms with Gasteiger partial charge in [-0.25, -0.2) is 0 Å². The van der Waals surface area contributed by atoms with Crippen LogP contribution in [0, 0.1) is 5.92 Å². The van der Waals surface area contributed by atoms with Gasteiger partial charge in [-0.15, -0.1) is 10.2 Å².